The van der Waals surface area contributed by atoms with Gasteiger partial charge < -0.3 is 14.9 Å². The number of aromatic nitrogens is 1. The van der Waals surface area contributed by atoms with Gasteiger partial charge in [0, 0.05) is 10.5 Å². The van der Waals surface area contributed by atoms with Crippen LogP contribution < -0.4 is 9.64 Å². The standard InChI is InChI=1S/C16H14BrN3O4/c1-2-12-16(21)19(9-10-3-5-11(17)6-4-10)15-13(24-12)7-8-14(18-15)20(22)23/h3-8,12H,2,9H2,1H3. The van der Waals surface area contributed by atoms with Gasteiger partial charge in [-0.25, -0.2) is 0 Å². The predicted molar refractivity (Wildman–Crippen MR) is 90.9 cm³/mol. The van der Waals surface area contributed by atoms with Crippen LogP contribution in [0, 0.1) is 10.1 Å². The number of ether oxygens (including phenoxy) is 1. The summed E-state index contributed by atoms with van der Waals surface area (Å²) < 4.78 is 6.56. The van der Waals surface area contributed by atoms with Crippen molar-refractivity contribution < 1.29 is 14.5 Å². The number of amides is 1. The molecule has 0 saturated carbocycles. The molecule has 24 heavy (non-hydrogen) atoms. The molecule has 1 atom stereocenters. The highest BCUT2D eigenvalue weighted by Gasteiger charge is 2.38. The van der Waals surface area contributed by atoms with Crippen molar-refractivity contribution in [2.45, 2.75) is 26.0 Å². The van der Waals surface area contributed by atoms with Crippen LogP contribution >= 0.6 is 15.9 Å². The van der Waals surface area contributed by atoms with E-state index in [2.05, 4.69) is 20.9 Å². The molecule has 8 heteroatoms. The van der Waals surface area contributed by atoms with Crippen molar-refractivity contribution in [1.82, 2.24) is 4.98 Å². The average Bonchev–Trinajstić information content (AvgIpc) is 2.58. The molecule has 1 aliphatic rings. The number of hydrogen-bond donors (Lipinski definition) is 0. The molecule has 3 rings (SSSR count). The number of benzene rings is 1. The minimum Gasteiger partial charge on any atom is -0.474 e. The number of fused-ring (bicyclic) bond motifs is 1. The maximum atomic E-state index is 12.7. The van der Waals surface area contributed by atoms with E-state index in [4.69, 9.17) is 4.74 Å². The molecule has 0 saturated heterocycles. The van der Waals surface area contributed by atoms with E-state index in [9.17, 15) is 14.9 Å². The third-order valence-corrected chi connectivity index (χ3v) is 4.23. The summed E-state index contributed by atoms with van der Waals surface area (Å²) in [5.41, 5.74) is 0.891. The lowest BCUT2D eigenvalue weighted by Crippen LogP contribution is -2.45. The van der Waals surface area contributed by atoms with Crippen LogP contribution in [0.2, 0.25) is 0 Å². The fourth-order valence-corrected chi connectivity index (χ4v) is 2.74. The summed E-state index contributed by atoms with van der Waals surface area (Å²) in [7, 11) is 0. The Balaban J connectivity index is 2.02. The van der Waals surface area contributed by atoms with Crippen molar-refractivity contribution in [3.05, 3.63) is 56.5 Å². The van der Waals surface area contributed by atoms with Crippen LogP contribution in [0.1, 0.15) is 18.9 Å². The highest BCUT2D eigenvalue weighted by Crippen LogP contribution is 2.35. The van der Waals surface area contributed by atoms with Crippen molar-refractivity contribution in [2.24, 2.45) is 0 Å². The van der Waals surface area contributed by atoms with Crippen molar-refractivity contribution >= 4 is 33.5 Å². The molecule has 0 radical (unpaired) electrons. The van der Waals surface area contributed by atoms with Crippen molar-refractivity contribution in [3.63, 3.8) is 0 Å². The zero-order chi connectivity index (χ0) is 17.3. The van der Waals surface area contributed by atoms with Crippen LogP contribution in [0.3, 0.4) is 0 Å². The normalized spacial score (nSPS) is 16.5. The molecule has 0 aliphatic carbocycles. The average molecular weight is 392 g/mol. The third-order valence-electron chi connectivity index (χ3n) is 3.70. The van der Waals surface area contributed by atoms with E-state index in [1.54, 1.807) is 0 Å². The molecular weight excluding hydrogens is 378 g/mol. The highest BCUT2D eigenvalue weighted by molar-refractivity contribution is 9.10. The number of anilines is 1. The second-order valence-corrected chi connectivity index (χ2v) is 6.23. The van der Waals surface area contributed by atoms with Gasteiger partial charge in [-0.1, -0.05) is 35.0 Å². The van der Waals surface area contributed by atoms with E-state index < -0.39 is 11.0 Å². The van der Waals surface area contributed by atoms with Gasteiger partial charge in [0.15, 0.2) is 11.9 Å². The molecule has 1 aromatic heterocycles. The summed E-state index contributed by atoms with van der Waals surface area (Å²) >= 11 is 3.37. The summed E-state index contributed by atoms with van der Waals surface area (Å²) in [5.74, 6) is -0.00667. The van der Waals surface area contributed by atoms with E-state index in [-0.39, 0.29) is 24.1 Å². The maximum Gasteiger partial charge on any atom is 0.366 e. The Bertz CT molecular complexity index is 794. The quantitative estimate of drug-likeness (QED) is 0.588. The van der Waals surface area contributed by atoms with E-state index in [1.807, 2.05) is 31.2 Å². The fourth-order valence-electron chi connectivity index (χ4n) is 2.48. The van der Waals surface area contributed by atoms with Gasteiger partial charge >= 0.3 is 5.82 Å². The number of hydrogen-bond acceptors (Lipinski definition) is 5. The molecule has 7 nitrogen and oxygen atoms in total. The van der Waals surface area contributed by atoms with Crippen LogP contribution in [0.4, 0.5) is 11.6 Å². The van der Waals surface area contributed by atoms with Gasteiger partial charge in [-0.2, -0.15) is 0 Å². The molecule has 1 amide bonds. The molecule has 0 spiro atoms. The molecule has 1 aliphatic heterocycles. The first-order valence-electron chi connectivity index (χ1n) is 7.37. The molecule has 0 bridgehead atoms. The van der Waals surface area contributed by atoms with E-state index >= 15 is 0 Å². The van der Waals surface area contributed by atoms with Gasteiger partial charge in [-0.3, -0.25) is 9.69 Å². The lowest BCUT2D eigenvalue weighted by molar-refractivity contribution is -0.389. The summed E-state index contributed by atoms with van der Waals surface area (Å²) in [6, 6.07) is 10.3. The predicted octanol–water partition coefficient (Wildman–Crippen LogP) is 3.46. The topological polar surface area (TPSA) is 85.6 Å². The summed E-state index contributed by atoms with van der Waals surface area (Å²) in [6.45, 7) is 2.12. The zero-order valence-electron chi connectivity index (χ0n) is 12.8. The van der Waals surface area contributed by atoms with E-state index in [1.165, 1.54) is 17.0 Å². The molecule has 2 heterocycles. The summed E-state index contributed by atoms with van der Waals surface area (Å²) in [5, 5.41) is 11.0. The molecule has 0 fully saturated rings. The molecule has 1 aromatic carbocycles. The fraction of sp³-hybridized carbons (Fsp3) is 0.250. The Labute approximate surface area is 146 Å². The number of nitrogens with zero attached hydrogens (tertiary/aromatic N) is 3. The molecule has 2 aromatic rings. The first-order chi connectivity index (χ1) is 11.5. The minimum absolute atomic E-state index is 0.182. The van der Waals surface area contributed by atoms with Crippen molar-refractivity contribution in [1.29, 1.82) is 0 Å². The Kier molecular flexibility index (Phi) is 4.48. The maximum absolute atomic E-state index is 12.7. The van der Waals surface area contributed by atoms with Crippen LogP contribution in [-0.4, -0.2) is 21.9 Å². The second kappa shape index (κ2) is 6.56. The van der Waals surface area contributed by atoms with Gasteiger partial charge in [0.05, 0.1) is 6.54 Å². The smallest absolute Gasteiger partial charge is 0.366 e. The summed E-state index contributed by atoms with van der Waals surface area (Å²) in [4.78, 5) is 28.5. The zero-order valence-corrected chi connectivity index (χ0v) is 14.4. The van der Waals surface area contributed by atoms with Crippen LogP contribution in [0.5, 0.6) is 5.75 Å². The third kappa shape index (κ3) is 3.09. The second-order valence-electron chi connectivity index (χ2n) is 5.31. The number of nitro groups is 1. The highest BCUT2D eigenvalue weighted by atomic mass is 79.9. The van der Waals surface area contributed by atoms with Crippen molar-refractivity contribution in [3.8, 4) is 5.75 Å². The Morgan fingerprint density at radius 1 is 1.29 bits per heavy atom. The SMILES string of the molecule is CCC1Oc2ccc([N+](=O)[O-])nc2N(Cc2ccc(Br)cc2)C1=O. The Morgan fingerprint density at radius 3 is 2.62 bits per heavy atom. The van der Waals surface area contributed by atoms with Gasteiger partial charge in [-0.15, -0.1) is 0 Å². The molecule has 0 N–H and O–H groups in total. The van der Waals surface area contributed by atoms with Crippen LogP contribution in [0.15, 0.2) is 40.9 Å². The summed E-state index contributed by atoms with van der Waals surface area (Å²) in [6.07, 6.45) is -0.109. The number of halogens is 1. The van der Waals surface area contributed by atoms with Gasteiger partial charge in [0.1, 0.15) is 0 Å². The van der Waals surface area contributed by atoms with Crippen molar-refractivity contribution in [2.75, 3.05) is 4.90 Å². The molecular formula is C16H14BrN3O4. The lowest BCUT2D eigenvalue weighted by atomic mass is 10.1. The number of carbonyl (C=O) groups excluding carboxylic acids is 1. The van der Waals surface area contributed by atoms with E-state index in [0.29, 0.717) is 12.2 Å². The van der Waals surface area contributed by atoms with Gasteiger partial charge in [-0.05, 0) is 40.1 Å². The lowest BCUT2D eigenvalue weighted by Gasteiger charge is -2.30. The number of pyridine rings is 1. The Morgan fingerprint density at radius 2 is 2.00 bits per heavy atom. The molecule has 124 valence electrons. The van der Waals surface area contributed by atoms with Gasteiger partial charge in [0.25, 0.3) is 11.7 Å². The molecule has 1 unspecified atom stereocenters. The Hall–Kier alpha value is -2.48. The minimum atomic E-state index is -0.615. The first-order valence-corrected chi connectivity index (χ1v) is 8.16. The largest absolute Gasteiger partial charge is 0.474 e. The van der Waals surface area contributed by atoms with Crippen LogP contribution in [-0.2, 0) is 11.3 Å². The monoisotopic (exact) mass is 391 g/mol. The first kappa shape index (κ1) is 16.4. The van der Waals surface area contributed by atoms with E-state index in [0.717, 1.165) is 10.0 Å². The van der Waals surface area contributed by atoms with Gasteiger partial charge in [0.2, 0.25) is 0 Å². The van der Waals surface area contributed by atoms with Crippen LogP contribution in [0.25, 0.3) is 0 Å². The number of rotatable bonds is 4. The number of carbonyl (C=O) groups is 1.